The van der Waals surface area contributed by atoms with Gasteiger partial charge in [0.05, 0.1) is 11.6 Å². The number of hydrogen-bond acceptors (Lipinski definition) is 4. The summed E-state index contributed by atoms with van der Waals surface area (Å²) < 4.78 is 0. The largest absolute Gasteiger partial charge is 0.385 e. The monoisotopic (exact) mass is 299 g/mol. The lowest BCUT2D eigenvalue weighted by Gasteiger charge is -2.25. The Morgan fingerprint density at radius 1 is 1.33 bits per heavy atom. The number of aromatic nitrogens is 1. The van der Waals surface area contributed by atoms with Crippen LogP contribution in [0.1, 0.15) is 34.9 Å². The van der Waals surface area contributed by atoms with E-state index in [4.69, 9.17) is 0 Å². The number of carbonyl (C=O) groups is 1. The summed E-state index contributed by atoms with van der Waals surface area (Å²) in [5.74, 6) is -0.0161. The van der Waals surface area contributed by atoms with Crippen LogP contribution in [0.25, 0.3) is 0 Å². The number of hydrogen-bond donors (Lipinski definition) is 2. The minimum absolute atomic E-state index is 0.0661. The van der Waals surface area contributed by atoms with Crippen molar-refractivity contribution < 1.29 is 4.79 Å². The average molecular weight is 299 g/mol. The van der Waals surface area contributed by atoms with Gasteiger partial charge in [-0.3, -0.25) is 4.79 Å². The molecule has 2 heterocycles. The third kappa shape index (κ3) is 2.31. The van der Waals surface area contributed by atoms with E-state index in [1.807, 2.05) is 24.3 Å². The number of rotatable bonds is 2. The number of fused-ring (bicyclic) bond motifs is 2. The summed E-state index contributed by atoms with van der Waals surface area (Å²) in [7, 11) is 0. The molecule has 1 unspecified atom stereocenters. The predicted octanol–water partition coefficient (Wildman–Crippen LogP) is 3.17. The summed E-state index contributed by atoms with van der Waals surface area (Å²) in [5, 5.41) is 7.14. The highest BCUT2D eigenvalue weighted by Crippen LogP contribution is 2.34. The Morgan fingerprint density at radius 2 is 2.24 bits per heavy atom. The number of aryl methyl sites for hydroxylation is 2. The van der Waals surface area contributed by atoms with Gasteiger partial charge in [0.25, 0.3) is 0 Å². The van der Waals surface area contributed by atoms with Crippen LogP contribution in [0.4, 0.5) is 10.8 Å². The van der Waals surface area contributed by atoms with Gasteiger partial charge in [-0.2, -0.15) is 0 Å². The van der Waals surface area contributed by atoms with Gasteiger partial charge in [-0.15, -0.1) is 11.3 Å². The maximum Gasteiger partial charge on any atom is 0.233 e. The van der Waals surface area contributed by atoms with Crippen molar-refractivity contribution in [3.63, 3.8) is 0 Å². The first-order chi connectivity index (χ1) is 10.3. The van der Waals surface area contributed by atoms with Crippen molar-refractivity contribution in [2.45, 2.75) is 31.6 Å². The first-order valence-electron chi connectivity index (χ1n) is 7.43. The molecule has 4 nitrogen and oxygen atoms in total. The Hall–Kier alpha value is -1.88. The third-order valence-corrected chi connectivity index (χ3v) is 5.30. The second-order valence-corrected chi connectivity index (χ2v) is 6.67. The van der Waals surface area contributed by atoms with Crippen molar-refractivity contribution in [1.82, 2.24) is 4.98 Å². The van der Waals surface area contributed by atoms with Crippen LogP contribution in [0, 0.1) is 0 Å². The number of para-hydroxylation sites is 1. The Bertz CT molecular complexity index is 673. The van der Waals surface area contributed by atoms with Crippen LogP contribution in [0.3, 0.4) is 0 Å². The van der Waals surface area contributed by atoms with E-state index in [2.05, 4.69) is 15.6 Å². The molecule has 0 saturated carbocycles. The molecule has 1 aliphatic carbocycles. The lowest BCUT2D eigenvalue weighted by Crippen LogP contribution is -2.27. The third-order valence-electron chi connectivity index (χ3n) is 4.23. The number of anilines is 2. The second kappa shape index (κ2) is 5.15. The molecule has 0 fully saturated rings. The molecule has 2 aromatic rings. The zero-order chi connectivity index (χ0) is 14.2. The molecule has 1 atom stereocenters. The number of thiazole rings is 1. The Morgan fingerprint density at radius 3 is 3.14 bits per heavy atom. The molecule has 21 heavy (non-hydrogen) atoms. The molecular formula is C16H17N3OS. The summed E-state index contributed by atoms with van der Waals surface area (Å²) in [5.41, 5.74) is 3.34. The molecule has 1 aromatic heterocycles. The van der Waals surface area contributed by atoms with Crippen molar-refractivity contribution >= 4 is 28.1 Å². The molecular weight excluding hydrogens is 282 g/mol. The summed E-state index contributed by atoms with van der Waals surface area (Å²) in [6.45, 7) is 0.837. The van der Waals surface area contributed by atoms with E-state index in [9.17, 15) is 4.79 Å². The van der Waals surface area contributed by atoms with Crippen molar-refractivity contribution in [2.24, 2.45) is 0 Å². The minimum Gasteiger partial charge on any atom is -0.385 e. The van der Waals surface area contributed by atoms with Crippen molar-refractivity contribution in [2.75, 3.05) is 17.2 Å². The van der Waals surface area contributed by atoms with Gasteiger partial charge in [0.2, 0.25) is 5.91 Å². The normalized spacial score (nSPS) is 19.5. The van der Waals surface area contributed by atoms with Crippen molar-refractivity contribution in [3.05, 3.63) is 40.4 Å². The van der Waals surface area contributed by atoms with Crippen molar-refractivity contribution in [1.29, 1.82) is 0 Å². The van der Waals surface area contributed by atoms with Gasteiger partial charge < -0.3 is 10.6 Å². The summed E-state index contributed by atoms with van der Waals surface area (Å²) in [6.07, 6.45) is 4.19. The zero-order valence-corrected chi connectivity index (χ0v) is 12.5. The SMILES string of the molecule is O=C(Nc1nc2c(s1)CCC2)C1CCNc2ccccc21. The van der Waals surface area contributed by atoms with E-state index in [1.54, 1.807) is 11.3 Å². The Kier molecular flexibility index (Phi) is 3.15. The number of nitrogens with zero attached hydrogens (tertiary/aromatic N) is 1. The van der Waals surface area contributed by atoms with Gasteiger partial charge in [-0.05, 0) is 37.3 Å². The van der Waals surface area contributed by atoms with Gasteiger partial charge in [-0.1, -0.05) is 18.2 Å². The second-order valence-electron chi connectivity index (χ2n) is 5.59. The number of amides is 1. The summed E-state index contributed by atoms with van der Waals surface area (Å²) in [4.78, 5) is 18.5. The van der Waals surface area contributed by atoms with E-state index in [-0.39, 0.29) is 11.8 Å². The first-order valence-corrected chi connectivity index (χ1v) is 8.25. The van der Waals surface area contributed by atoms with Crippen LogP contribution in [-0.4, -0.2) is 17.4 Å². The molecule has 1 aromatic carbocycles. The molecule has 108 valence electrons. The van der Waals surface area contributed by atoms with E-state index < -0.39 is 0 Å². The lowest BCUT2D eigenvalue weighted by atomic mass is 9.90. The maximum atomic E-state index is 12.6. The van der Waals surface area contributed by atoms with Gasteiger partial charge in [0.15, 0.2) is 5.13 Å². The molecule has 1 amide bonds. The summed E-state index contributed by atoms with van der Waals surface area (Å²) in [6, 6.07) is 8.06. The smallest absolute Gasteiger partial charge is 0.233 e. The highest BCUT2D eigenvalue weighted by Gasteiger charge is 2.27. The fourth-order valence-electron chi connectivity index (χ4n) is 3.18. The first kappa shape index (κ1) is 12.8. The van der Waals surface area contributed by atoms with E-state index in [0.29, 0.717) is 0 Å². The number of benzene rings is 1. The predicted molar refractivity (Wildman–Crippen MR) is 85.1 cm³/mol. The fourth-order valence-corrected chi connectivity index (χ4v) is 4.23. The molecule has 2 N–H and O–H groups in total. The number of nitrogens with one attached hydrogen (secondary N) is 2. The fraction of sp³-hybridized carbons (Fsp3) is 0.375. The van der Waals surface area contributed by atoms with E-state index in [0.717, 1.165) is 42.2 Å². The Labute approximate surface area is 127 Å². The highest BCUT2D eigenvalue weighted by atomic mass is 32.1. The molecule has 1 aliphatic heterocycles. The van der Waals surface area contributed by atoms with Crippen LogP contribution in [0.2, 0.25) is 0 Å². The quantitative estimate of drug-likeness (QED) is 0.895. The standard InChI is InChI=1S/C16H17N3OS/c20-15(19-16-18-13-6-3-7-14(13)21-16)11-8-9-17-12-5-2-1-4-10(11)12/h1-2,4-5,11,17H,3,6-9H2,(H,18,19,20). The van der Waals surface area contributed by atoms with Crippen LogP contribution in [0.15, 0.2) is 24.3 Å². The minimum atomic E-state index is -0.0822. The van der Waals surface area contributed by atoms with E-state index in [1.165, 1.54) is 17.0 Å². The van der Waals surface area contributed by atoms with Gasteiger partial charge in [0.1, 0.15) is 0 Å². The van der Waals surface area contributed by atoms with Crippen LogP contribution in [-0.2, 0) is 17.6 Å². The van der Waals surface area contributed by atoms with Crippen LogP contribution >= 0.6 is 11.3 Å². The molecule has 0 bridgehead atoms. The molecule has 0 radical (unpaired) electrons. The topological polar surface area (TPSA) is 54.0 Å². The van der Waals surface area contributed by atoms with Gasteiger partial charge in [-0.25, -0.2) is 4.98 Å². The van der Waals surface area contributed by atoms with Crippen LogP contribution < -0.4 is 10.6 Å². The van der Waals surface area contributed by atoms with Gasteiger partial charge >= 0.3 is 0 Å². The average Bonchev–Trinajstić information content (AvgIpc) is 3.07. The zero-order valence-electron chi connectivity index (χ0n) is 11.7. The molecule has 5 heteroatoms. The van der Waals surface area contributed by atoms with Crippen LogP contribution in [0.5, 0.6) is 0 Å². The Balaban J connectivity index is 1.55. The molecule has 0 spiro atoms. The highest BCUT2D eigenvalue weighted by molar-refractivity contribution is 7.15. The molecule has 0 saturated heterocycles. The molecule has 4 rings (SSSR count). The van der Waals surface area contributed by atoms with E-state index >= 15 is 0 Å². The maximum absolute atomic E-state index is 12.6. The van der Waals surface area contributed by atoms with Gasteiger partial charge in [0, 0.05) is 17.1 Å². The lowest BCUT2D eigenvalue weighted by molar-refractivity contribution is -0.117. The molecule has 2 aliphatic rings. The number of carbonyl (C=O) groups excluding carboxylic acids is 1. The summed E-state index contributed by atoms with van der Waals surface area (Å²) >= 11 is 1.64. The van der Waals surface area contributed by atoms with Crippen molar-refractivity contribution in [3.8, 4) is 0 Å².